The molecule has 2 atom stereocenters. The Morgan fingerprint density at radius 3 is 2.78 bits per heavy atom. The highest BCUT2D eigenvalue weighted by molar-refractivity contribution is 14.1. The number of alkyl halides is 1. The highest BCUT2D eigenvalue weighted by Gasteiger charge is 2.22. The third-order valence-corrected chi connectivity index (χ3v) is 3.16. The van der Waals surface area contributed by atoms with E-state index in [1.54, 1.807) is 0 Å². The van der Waals surface area contributed by atoms with E-state index >= 15 is 0 Å². The van der Waals surface area contributed by atoms with Crippen molar-refractivity contribution >= 4 is 22.6 Å². The van der Waals surface area contributed by atoms with Crippen molar-refractivity contribution < 1.29 is 5.11 Å². The quantitative estimate of drug-likeness (QED) is 0.492. The summed E-state index contributed by atoms with van der Waals surface area (Å²) < 4.78 is 0.471. The van der Waals surface area contributed by atoms with Crippen LogP contribution in [0.15, 0.2) is 0 Å². The molecule has 2 nitrogen and oxygen atoms in total. The summed E-state index contributed by atoms with van der Waals surface area (Å²) >= 11 is 2.32. The zero-order valence-electron chi connectivity index (χ0n) is 5.55. The summed E-state index contributed by atoms with van der Waals surface area (Å²) in [6, 6.07) is 0. The third-order valence-electron chi connectivity index (χ3n) is 1.70. The van der Waals surface area contributed by atoms with E-state index in [1.165, 1.54) is 0 Å². The Hall–Kier alpha value is 0.650. The lowest BCUT2D eigenvalue weighted by Crippen LogP contribution is -2.41. The van der Waals surface area contributed by atoms with Gasteiger partial charge in [0.25, 0.3) is 0 Å². The number of piperidine rings is 1. The number of halogens is 1. The van der Waals surface area contributed by atoms with Gasteiger partial charge in [0.2, 0.25) is 0 Å². The maximum Gasteiger partial charge on any atom is 0.0784 e. The van der Waals surface area contributed by atoms with Crippen molar-refractivity contribution in [3.8, 4) is 0 Å². The van der Waals surface area contributed by atoms with Crippen molar-refractivity contribution in [2.45, 2.75) is 16.4 Å². The molecule has 1 aliphatic heterocycles. The number of β-amino-alcohol motifs (C(OH)–C–C–N with tert-alkyl or cyclic N) is 1. The Kier molecular flexibility index (Phi) is 2.73. The first-order chi connectivity index (χ1) is 4.20. The second kappa shape index (κ2) is 3.16. The van der Waals surface area contributed by atoms with Gasteiger partial charge in [-0.25, -0.2) is 0 Å². The Balaban J connectivity index is 2.35. The molecule has 0 spiro atoms. The molecule has 1 aliphatic rings. The molecule has 3 heteroatoms. The molecule has 0 amide bonds. The normalized spacial score (nSPS) is 39.0. The van der Waals surface area contributed by atoms with Crippen LogP contribution >= 0.6 is 22.6 Å². The number of likely N-dealkylation sites (N-methyl/N-ethyl adjacent to an activating group) is 1. The summed E-state index contributed by atoms with van der Waals surface area (Å²) in [6.45, 7) is 1.97. The van der Waals surface area contributed by atoms with E-state index in [1.807, 2.05) is 7.05 Å². The first kappa shape index (κ1) is 7.75. The largest absolute Gasteiger partial charge is 0.391 e. The predicted octanol–water partition coefficient (Wildman–Crippen LogP) is 0.486. The molecule has 1 N–H and O–H groups in total. The number of aliphatic hydroxyl groups excluding tert-OH is 1. The number of hydrogen-bond acceptors (Lipinski definition) is 2. The smallest absolute Gasteiger partial charge is 0.0784 e. The van der Waals surface area contributed by atoms with Crippen molar-refractivity contribution in [3.05, 3.63) is 0 Å². The zero-order valence-corrected chi connectivity index (χ0v) is 7.71. The summed E-state index contributed by atoms with van der Waals surface area (Å²) in [5.74, 6) is 0. The molecule has 0 bridgehead atoms. The van der Waals surface area contributed by atoms with E-state index in [-0.39, 0.29) is 6.10 Å². The minimum Gasteiger partial charge on any atom is -0.391 e. The molecule has 0 aromatic heterocycles. The second-order valence-electron chi connectivity index (χ2n) is 2.63. The third kappa shape index (κ3) is 2.05. The van der Waals surface area contributed by atoms with Crippen LogP contribution in [-0.2, 0) is 0 Å². The lowest BCUT2D eigenvalue weighted by molar-refractivity contribution is 0.0951. The average Bonchev–Trinajstić information content (AvgIpc) is 1.80. The van der Waals surface area contributed by atoms with Gasteiger partial charge >= 0.3 is 0 Å². The standard InChI is InChI=1S/C6H12INO/c1-8-3-2-5(7)6(9)4-8/h5-6,9H,2-4H2,1H3. The Bertz CT molecular complexity index is 99.1. The van der Waals surface area contributed by atoms with Crippen molar-refractivity contribution in [1.82, 2.24) is 4.90 Å². The van der Waals surface area contributed by atoms with Crippen molar-refractivity contribution in [2.75, 3.05) is 20.1 Å². The zero-order chi connectivity index (χ0) is 6.85. The molecule has 1 heterocycles. The summed E-state index contributed by atoms with van der Waals surface area (Å²) in [6.07, 6.45) is 1.02. The van der Waals surface area contributed by atoms with Crippen LogP contribution in [0.3, 0.4) is 0 Å². The van der Waals surface area contributed by atoms with Crippen LogP contribution in [0.4, 0.5) is 0 Å². The topological polar surface area (TPSA) is 23.5 Å². The minimum absolute atomic E-state index is 0.107. The van der Waals surface area contributed by atoms with Crippen LogP contribution in [0.25, 0.3) is 0 Å². The van der Waals surface area contributed by atoms with Gasteiger partial charge < -0.3 is 10.0 Å². The van der Waals surface area contributed by atoms with Gasteiger partial charge in [-0.15, -0.1) is 0 Å². The molecule has 0 aromatic rings. The van der Waals surface area contributed by atoms with Crippen LogP contribution in [0.5, 0.6) is 0 Å². The van der Waals surface area contributed by atoms with Crippen LogP contribution in [-0.4, -0.2) is 40.2 Å². The Morgan fingerprint density at radius 2 is 2.33 bits per heavy atom. The first-order valence-electron chi connectivity index (χ1n) is 3.21. The van der Waals surface area contributed by atoms with Crippen LogP contribution in [0.1, 0.15) is 6.42 Å². The van der Waals surface area contributed by atoms with Crippen molar-refractivity contribution in [1.29, 1.82) is 0 Å². The average molecular weight is 241 g/mol. The van der Waals surface area contributed by atoms with Crippen molar-refractivity contribution in [2.24, 2.45) is 0 Å². The SMILES string of the molecule is CN1CCC(I)C(O)C1. The molecule has 0 saturated carbocycles. The second-order valence-corrected chi connectivity index (χ2v) is 4.23. The highest BCUT2D eigenvalue weighted by atomic mass is 127. The van der Waals surface area contributed by atoms with E-state index in [0.29, 0.717) is 3.92 Å². The fraction of sp³-hybridized carbons (Fsp3) is 1.00. The van der Waals surface area contributed by atoms with Gasteiger partial charge in [0.1, 0.15) is 0 Å². The van der Waals surface area contributed by atoms with Crippen LogP contribution < -0.4 is 0 Å². The minimum atomic E-state index is -0.107. The Morgan fingerprint density at radius 1 is 1.67 bits per heavy atom. The predicted molar refractivity (Wildman–Crippen MR) is 45.9 cm³/mol. The van der Waals surface area contributed by atoms with Gasteiger partial charge in [0.15, 0.2) is 0 Å². The number of likely N-dealkylation sites (tertiary alicyclic amines) is 1. The molecular formula is C6H12INO. The van der Waals surface area contributed by atoms with Gasteiger partial charge in [-0.3, -0.25) is 0 Å². The van der Waals surface area contributed by atoms with Gasteiger partial charge in [-0.2, -0.15) is 0 Å². The number of rotatable bonds is 0. The van der Waals surface area contributed by atoms with Gasteiger partial charge in [0, 0.05) is 10.5 Å². The summed E-state index contributed by atoms with van der Waals surface area (Å²) in [4.78, 5) is 2.17. The van der Waals surface area contributed by atoms with Gasteiger partial charge in [-0.1, -0.05) is 22.6 Å². The lowest BCUT2D eigenvalue weighted by Gasteiger charge is -2.30. The molecule has 0 aromatic carbocycles. The molecule has 1 saturated heterocycles. The maximum absolute atomic E-state index is 9.30. The molecule has 9 heavy (non-hydrogen) atoms. The monoisotopic (exact) mass is 241 g/mol. The fourth-order valence-corrected chi connectivity index (χ4v) is 1.57. The first-order valence-corrected chi connectivity index (χ1v) is 4.45. The molecule has 2 unspecified atom stereocenters. The number of aliphatic hydroxyl groups is 1. The fourth-order valence-electron chi connectivity index (χ4n) is 1.06. The van der Waals surface area contributed by atoms with Crippen molar-refractivity contribution in [3.63, 3.8) is 0 Å². The summed E-state index contributed by atoms with van der Waals surface area (Å²) in [7, 11) is 2.05. The lowest BCUT2D eigenvalue weighted by atomic mass is 10.1. The molecule has 1 fully saturated rings. The number of hydrogen-bond donors (Lipinski definition) is 1. The molecule has 0 radical (unpaired) electrons. The summed E-state index contributed by atoms with van der Waals surface area (Å²) in [5, 5.41) is 9.30. The van der Waals surface area contributed by atoms with E-state index < -0.39 is 0 Å². The maximum atomic E-state index is 9.30. The molecule has 54 valence electrons. The van der Waals surface area contributed by atoms with E-state index in [0.717, 1.165) is 19.5 Å². The van der Waals surface area contributed by atoms with E-state index in [4.69, 9.17) is 0 Å². The Labute approximate surface area is 69.4 Å². The molecule has 1 rings (SSSR count). The van der Waals surface area contributed by atoms with Gasteiger partial charge in [-0.05, 0) is 20.0 Å². The van der Waals surface area contributed by atoms with Gasteiger partial charge in [0.05, 0.1) is 6.10 Å². The van der Waals surface area contributed by atoms with E-state index in [2.05, 4.69) is 27.5 Å². The van der Waals surface area contributed by atoms with Crippen LogP contribution in [0, 0.1) is 0 Å². The number of nitrogens with zero attached hydrogens (tertiary/aromatic N) is 1. The molecule has 0 aliphatic carbocycles. The van der Waals surface area contributed by atoms with Crippen LogP contribution in [0.2, 0.25) is 0 Å². The summed E-state index contributed by atoms with van der Waals surface area (Å²) in [5.41, 5.74) is 0. The highest BCUT2D eigenvalue weighted by Crippen LogP contribution is 2.16. The molecular weight excluding hydrogens is 229 g/mol. The van der Waals surface area contributed by atoms with E-state index in [9.17, 15) is 5.11 Å².